The van der Waals surface area contributed by atoms with Gasteiger partial charge in [-0.15, -0.1) is 0 Å². The summed E-state index contributed by atoms with van der Waals surface area (Å²) in [6.45, 7) is 8.88. The van der Waals surface area contributed by atoms with E-state index in [0.717, 1.165) is 0 Å². The fourth-order valence-corrected chi connectivity index (χ4v) is 5.05. The molecule has 2 aromatic carbocycles. The molecule has 1 aliphatic heterocycles. The summed E-state index contributed by atoms with van der Waals surface area (Å²) in [6, 6.07) is 13.0. The molecule has 0 bridgehead atoms. The van der Waals surface area contributed by atoms with Crippen molar-refractivity contribution in [1.29, 1.82) is 0 Å². The summed E-state index contributed by atoms with van der Waals surface area (Å²) in [5.41, 5.74) is 3.82. The first-order valence-corrected chi connectivity index (χ1v) is 10.8. The number of piperazine rings is 1. The van der Waals surface area contributed by atoms with Crippen molar-refractivity contribution in [2.24, 2.45) is 0 Å². The zero-order valence-corrected chi connectivity index (χ0v) is 17.3. The number of ether oxygens (including phenoxy) is 1. The van der Waals surface area contributed by atoms with E-state index in [1.54, 1.807) is 35.7 Å². The van der Waals surface area contributed by atoms with Gasteiger partial charge in [0.2, 0.25) is 10.0 Å². The molecular formula is C21H28N2O3S. The molecule has 1 heterocycles. The third kappa shape index (κ3) is 3.96. The molecule has 2 aromatic rings. The van der Waals surface area contributed by atoms with Crippen LogP contribution in [0.5, 0.6) is 5.75 Å². The van der Waals surface area contributed by atoms with E-state index in [2.05, 4.69) is 43.9 Å². The molecule has 27 heavy (non-hydrogen) atoms. The van der Waals surface area contributed by atoms with E-state index in [4.69, 9.17) is 4.74 Å². The second-order valence-electron chi connectivity index (χ2n) is 7.23. The van der Waals surface area contributed by atoms with Crippen LogP contribution >= 0.6 is 0 Å². The quantitative estimate of drug-likeness (QED) is 0.785. The summed E-state index contributed by atoms with van der Waals surface area (Å²) in [6.07, 6.45) is 0. The van der Waals surface area contributed by atoms with Crippen molar-refractivity contribution in [3.05, 3.63) is 53.6 Å². The molecule has 0 amide bonds. The Hall–Kier alpha value is -2.05. The molecule has 0 aliphatic carbocycles. The number of para-hydroxylation sites is 1. The van der Waals surface area contributed by atoms with Crippen LogP contribution in [0.15, 0.2) is 47.4 Å². The van der Waals surface area contributed by atoms with Crippen molar-refractivity contribution >= 4 is 15.7 Å². The Bertz CT molecular complexity index is 884. The molecule has 0 aromatic heterocycles. The highest BCUT2D eigenvalue weighted by molar-refractivity contribution is 7.89. The van der Waals surface area contributed by atoms with Crippen LogP contribution in [0, 0.1) is 6.92 Å². The summed E-state index contributed by atoms with van der Waals surface area (Å²) in [7, 11) is -1.91. The van der Waals surface area contributed by atoms with Crippen molar-refractivity contribution in [2.45, 2.75) is 31.6 Å². The Balaban J connectivity index is 1.77. The molecule has 1 fully saturated rings. The van der Waals surface area contributed by atoms with Gasteiger partial charge in [-0.05, 0) is 48.2 Å². The Kier molecular flexibility index (Phi) is 5.77. The maximum absolute atomic E-state index is 12.9. The highest BCUT2D eigenvalue weighted by Crippen LogP contribution is 2.32. The number of benzene rings is 2. The van der Waals surface area contributed by atoms with Crippen LogP contribution in [0.4, 0.5) is 5.69 Å². The van der Waals surface area contributed by atoms with E-state index >= 15 is 0 Å². The lowest BCUT2D eigenvalue weighted by Gasteiger charge is -2.37. The van der Waals surface area contributed by atoms with Gasteiger partial charge in [-0.1, -0.05) is 32.0 Å². The van der Waals surface area contributed by atoms with Crippen LogP contribution in [-0.2, 0) is 10.0 Å². The van der Waals surface area contributed by atoms with Crippen molar-refractivity contribution in [2.75, 3.05) is 38.2 Å². The molecule has 3 rings (SSSR count). The Morgan fingerprint density at radius 2 is 1.59 bits per heavy atom. The molecule has 6 heteroatoms. The maximum atomic E-state index is 12.9. The summed E-state index contributed by atoms with van der Waals surface area (Å²) < 4.78 is 32.6. The van der Waals surface area contributed by atoms with Crippen molar-refractivity contribution in [1.82, 2.24) is 4.31 Å². The SMILES string of the molecule is COc1ccc(S(=O)(=O)N2CCN(c3c(C)cccc3C(C)C)CC2)cc1. The lowest BCUT2D eigenvalue weighted by molar-refractivity contribution is 0.384. The minimum atomic E-state index is -3.48. The van der Waals surface area contributed by atoms with Crippen LogP contribution in [0.25, 0.3) is 0 Å². The monoisotopic (exact) mass is 388 g/mol. The number of hydrogen-bond acceptors (Lipinski definition) is 4. The van der Waals surface area contributed by atoms with Gasteiger partial charge in [0, 0.05) is 31.9 Å². The topological polar surface area (TPSA) is 49.9 Å². The highest BCUT2D eigenvalue weighted by atomic mass is 32.2. The second kappa shape index (κ2) is 7.90. The van der Waals surface area contributed by atoms with Gasteiger partial charge in [0.15, 0.2) is 0 Å². The van der Waals surface area contributed by atoms with Crippen molar-refractivity contribution in [3.8, 4) is 5.75 Å². The van der Waals surface area contributed by atoms with E-state index in [1.165, 1.54) is 16.8 Å². The normalized spacial score (nSPS) is 16.0. The van der Waals surface area contributed by atoms with Crippen LogP contribution in [0.3, 0.4) is 0 Å². The van der Waals surface area contributed by atoms with E-state index in [9.17, 15) is 8.42 Å². The Morgan fingerprint density at radius 3 is 2.15 bits per heavy atom. The standard InChI is InChI=1S/C21H28N2O3S/c1-16(2)20-7-5-6-17(3)21(20)22-12-14-23(15-13-22)27(24,25)19-10-8-18(26-4)9-11-19/h5-11,16H,12-15H2,1-4H3. The number of methoxy groups -OCH3 is 1. The molecule has 146 valence electrons. The minimum absolute atomic E-state index is 0.315. The number of anilines is 1. The van der Waals surface area contributed by atoms with Gasteiger partial charge in [0.1, 0.15) is 5.75 Å². The first-order chi connectivity index (χ1) is 12.8. The van der Waals surface area contributed by atoms with Gasteiger partial charge in [0.05, 0.1) is 12.0 Å². The maximum Gasteiger partial charge on any atom is 0.243 e. The molecule has 5 nitrogen and oxygen atoms in total. The third-order valence-electron chi connectivity index (χ3n) is 5.14. The lowest BCUT2D eigenvalue weighted by atomic mass is 9.97. The summed E-state index contributed by atoms with van der Waals surface area (Å²) in [4.78, 5) is 2.64. The summed E-state index contributed by atoms with van der Waals surface area (Å²) in [5.74, 6) is 1.08. The zero-order chi connectivity index (χ0) is 19.6. The fraction of sp³-hybridized carbons (Fsp3) is 0.429. The Morgan fingerprint density at radius 1 is 0.963 bits per heavy atom. The average molecular weight is 389 g/mol. The number of rotatable bonds is 5. The molecule has 0 N–H and O–H groups in total. The summed E-state index contributed by atoms with van der Waals surface area (Å²) in [5, 5.41) is 0. The van der Waals surface area contributed by atoms with Gasteiger partial charge >= 0.3 is 0 Å². The van der Waals surface area contributed by atoms with Gasteiger partial charge < -0.3 is 9.64 Å². The Labute approximate surface area is 162 Å². The van der Waals surface area contributed by atoms with Crippen molar-refractivity contribution in [3.63, 3.8) is 0 Å². The van der Waals surface area contributed by atoms with E-state index in [-0.39, 0.29) is 0 Å². The van der Waals surface area contributed by atoms with Crippen LogP contribution in [-0.4, -0.2) is 46.0 Å². The average Bonchev–Trinajstić information content (AvgIpc) is 2.68. The number of aryl methyl sites for hydroxylation is 1. The molecule has 0 radical (unpaired) electrons. The second-order valence-corrected chi connectivity index (χ2v) is 9.17. The third-order valence-corrected chi connectivity index (χ3v) is 7.06. The molecular weight excluding hydrogens is 360 g/mol. The number of sulfonamides is 1. The fourth-order valence-electron chi connectivity index (χ4n) is 3.63. The molecule has 1 saturated heterocycles. The van der Waals surface area contributed by atoms with Crippen molar-refractivity contribution < 1.29 is 13.2 Å². The van der Waals surface area contributed by atoms with Crippen LogP contribution in [0.1, 0.15) is 30.9 Å². The highest BCUT2D eigenvalue weighted by Gasteiger charge is 2.29. The minimum Gasteiger partial charge on any atom is -0.497 e. The molecule has 0 saturated carbocycles. The summed E-state index contributed by atoms with van der Waals surface area (Å²) >= 11 is 0. The van der Waals surface area contributed by atoms with Gasteiger partial charge in [-0.3, -0.25) is 0 Å². The predicted octanol–water partition coefficient (Wildman–Crippen LogP) is 3.64. The number of hydrogen-bond donors (Lipinski definition) is 0. The van der Waals surface area contributed by atoms with E-state index < -0.39 is 10.0 Å². The first-order valence-electron chi connectivity index (χ1n) is 9.33. The largest absolute Gasteiger partial charge is 0.497 e. The van der Waals surface area contributed by atoms with E-state index in [0.29, 0.717) is 42.7 Å². The number of nitrogens with zero attached hydrogens (tertiary/aromatic N) is 2. The zero-order valence-electron chi connectivity index (χ0n) is 16.5. The lowest BCUT2D eigenvalue weighted by Crippen LogP contribution is -2.49. The van der Waals surface area contributed by atoms with Gasteiger partial charge in [0.25, 0.3) is 0 Å². The van der Waals surface area contributed by atoms with Gasteiger partial charge in [-0.2, -0.15) is 4.31 Å². The van der Waals surface area contributed by atoms with Crippen LogP contribution in [0.2, 0.25) is 0 Å². The molecule has 0 unspecified atom stereocenters. The van der Waals surface area contributed by atoms with Crippen LogP contribution < -0.4 is 9.64 Å². The predicted molar refractivity (Wildman–Crippen MR) is 109 cm³/mol. The smallest absolute Gasteiger partial charge is 0.243 e. The molecule has 0 atom stereocenters. The molecule has 0 spiro atoms. The van der Waals surface area contributed by atoms with Gasteiger partial charge in [-0.25, -0.2) is 8.42 Å². The molecule has 1 aliphatic rings. The van der Waals surface area contributed by atoms with E-state index in [1.807, 2.05) is 0 Å². The first kappa shape index (κ1) is 19.7.